The summed E-state index contributed by atoms with van der Waals surface area (Å²) in [5, 5.41) is 0. The van der Waals surface area contributed by atoms with Crippen molar-refractivity contribution in [3.63, 3.8) is 0 Å². The van der Waals surface area contributed by atoms with E-state index in [0.717, 1.165) is 36.6 Å². The zero-order valence-electron chi connectivity index (χ0n) is 28.3. The second kappa shape index (κ2) is 20.0. The van der Waals surface area contributed by atoms with Gasteiger partial charge in [-0.1, -0.05) is 134 Å². The van der Waals surface area contributed by atoms with Crippen LogP contribution in [-0.4, -0.2) is 12.5 Å². The Hall–Kier alpha value is -2.18. The number of nitrogens with zero attached hydrogens (tertiary/aromatic N) is 2. The number of unbranched alkanes of at least 4 members (excludes halogenated alkanes) is 11. The van der Waals surface area contributed by atoms with Crippen molar-refractivity contribution in [2.45, 2.75) is 137 Å². The zero-order chi connectivity index (χ0) is 31.1. The molecule has 0 aliphatic carbocycles. The highest BCUT2D eigenvalue weighted by Gasteiger charge is 2.21. The number of halogens is 1. The van der Waals surface area contributed by atoms with Crippen molar-refractivity contribution in [1.29, 1.82) is 0 Å². The summed E-state index contributed by atoms with van der Waals surface area (Å²) >= 11 is 1.75. The van der Waals surface area contributed by atoms with Crippen LogP contribution in [0.25, 0.3) is 0 Å². The topological polar surface area (TPSA) is 33.4 Å². The molecule has 0 unspecified atom stereocenters. The van der Waals surface area contributed by atoms with Gasteiger partial charge in [0.15, 0.2) is 12.7 Å². The Balaban J connectivity index is 0.00000675. The first kappa shape index (κ1) is 38.0. The van der Waals surface area contributed by atoms with Gasteiger partial charge in [-0.25, -0.2) is 0 Å². The van der Waals surface area contributed by atoms with Gasteiger partial charge in [-0.05, 0) is 48.1 Å². The monoisotopic (exact) mass is 684 g/mol. The number of carbonyl (C=O) groups excluding carboxylic acids is 1. The smallest absolute Gasteiger partial charge is 0.225 e. The third kappa shape index (κ3) is 13.4. The summed E-state index contributed by atoms with van der Waals surface area (Å²) < 4.78 is 8.62. The van der Waals surface area contributed by atoms with E-state index in [1.165, 1.54) is 86.6 Å². The summed E-state index contributed by atoms with van der Waals surface area (Å²) in [5.74, 6) is 0.990. The van der Waals surface area contributed by atoms with Crippen molar-refractivity contribution < 1.29 is 31.1 Å². The number of thiazole rings is 1. The van der Waals surface area contributed by atoms with E-state index in [1.807, 2.05) is 17.0 Å². The molecule has 0 N–H and O–H groups in total. The Morgan fingerprint density at radius 1 is 0.864 bits per heavy atom. The van der Waals surface area contributed by atoms with Gasteiger partial charge in [0.25, 0.3) is 0 Å². The predicted molar refractivity (Wildman–Crippen MR) is 183 cm³/mol. The first-order chi connectivity index (χ1) is 20.7. The summed E-state index contributed by atoms with van der Waals surface area (Å²) in [6.45, 7) is 14.8. The molecule has 2 aromatic carbocycles. The number of hydrogen-bond donors (Lipinski definition) is 0. The molecule has 1 amide bonds. The first-order valence-corrected chi connectivity index (χ1v) is 17.6. The van der Waals surface area contributed by atoms with Crippen LogP contribution < -0.4 is 31.2 Å². The highest BCUT2D eigenvalue weighted by molar-refractivity contribution is 7.09. The van der Waals surface area contributed by atoms with Gasteiger partial charge < -0.3 is 26.6 Å². The molecule has 0 bridgehead atoms. The summed E-state index contributed by atoms with van der Waals surface area (Å²) in [4.78, 5) is 16.0. The van der Waals surface area contributed by atoms with Crippen LogP contribution in [0.4, 0.5) is 5.69 Å². The van der Waals surface area contributed by atoms with Crippen LogP contribution in [0.15, 0.2) is 54.2 Å². The quantitative estimate of drug-likeness (QED) is 0.0979. The van der Waals surface area contributed by atoms with E-state index in [2.05, 4.69) is 81.2 Å². The average Bonchev–Trinajstić information content (AvgIpc) is 3.37. The molecule has 0 aliphatic heterocycles. The number of ether oxygens (including phenoxy) is 1. The minimum atomic E-state index is -0.0172. The summed E-state index contributed by atoms with van der Waals surface area (Å²) in [6, 6.07) is 14.8. The molecule has 244 valence electrons. The molecule has 0 saturated heterocycles. The molecule has 0 radical (unpaired) electrons. The summed E-state index contributed by atoms with van der Waals surface area (Å²) in [7, 11) is 0. The van der Waals surface area contributed by atoms with Crippen molar-refractivity contribution in [2.75, 3.05) is 11.5 Å². The zero-order valence-corrected chi connectivity index (χ0v) is 30.7. The van der Waals surface area contributed by atoms with E-state index in [9.17, 15) is 4.79 Å². The van der Waals surface area contributed by atoms with Crippen LogP contribution in [0, 0.1) is 6.92 Å². The molecule has 1 heterocycles. The second-order valence-electron chi connectivity index (χ2n) is 13.2. The lowest BCUT2D eigenvalue weighted by molar-refractivity contribution is -0.683. The number of aromatic nitrogens is 1. The Bertz CT molecular complexity index is 1250. The maximum atomic E-state index is 12.8. The molecular weight excluding hydrogens is 628 g/mol. The van der Waals surface area contributed by atoms with Crippen LogP contribution in [0.3, 0.4) is 0 Å². The van der Waals surface area contributed by atoms with Crippen LogP contribution in [0.2, 0.25) is 0 Å². The minimum absolute atomic E-state index is 0. The molecule has 4 nitrogen and oxygen atoms in total. The number of benzene rings is 2. The lowest BCUT2D eigenvalue weighted by Gasteiger charge is -2.26. The molecule has 0 spiro atoms. The molecule has 0 atom stereocenters. The van der Waals surface area contributed by atoms with Gasteiger partial charge in [-0.2, -0.15) is 4.57 Å². The number of rotatable bonds is 19. The molecule has 0 aliphatic rings. The highest BCUT2D eigenvalue weighted by atomic mass is 79.9. The fourth-order valence-corrected chi connectivity index (χ4v) is 6.29. The van der Waals surface area contributed by atoms with Gasteiger partial charge in [0.05, 0.1) is 18.0 Å². The summed E-state index contributed by atoms with van der Waals surface area (Å²) in [5.41, 5.74) is 6.53. The lowest BCUT2D eigenvalue weighted by Crippen LogP contribution is -3.00. The minimum Gasteiger partial charge on any atom is -1.00 e. The van der Waals surface area contributed by atoms with E-state index in [-0.39, 0.29) is 28.3 Å². The Labute approximate surface area is 283 Å². The van der Waals surface area contributed by atoms with Crippen molar-refractivity contribution >= 4 is 22.9 Å². The predicted octanol–water partition coefficient (Wildman–Crippen LogP) is 7.33. The average molecular weight is 686 g/mol. The van der Waals surface area contributed by atoms with Gasteiger partial charge in [0.1, 0.15) is 5.75 Å². The number of anilines is 1. The van der Waals surface area contributed by atoms with Crippen molar-refractivity contribution in [1.82, 2.24) is 0 Å². The molecular formula is C38H57BrN2O2S. The third-order valence-corrected chi connectivity index (χ3v) is 8.99. The maximum Gasteiger partial charge on any atom is 0.225 e. The second-order valence-corrected chi connectivity index (χ2v) is 14.3. The molecule has 0 saturated carbocycles. The third-order valence-electron chi connectivity index (χ3n) is 8.14. The Morgan fingerprint density at radius 2 is 1.50 bits per heavy atom. The molecule has 3 aromatic rings. The molecule has 0 fully saturated rings. The van der Waals surface area contributed by atoms with E-state index < -0.39 is 0 Å². The van der Waals surface area contributed by atoms with Gasteiger partial charge in [0, 0.05) is 18.2 Å². The highest BCUT2D eigenvalue weighted by Crippen LogP contribution is 2.33. The number of aryl methyl sites for hydroxylation is 1. The fraction of sp³-hybridized carbons (Fsp3) is 0.579. The van der Waals surface area contributed by atoms with Crippen LogP contribution in [-0.2, 0) is 23.3 Å². The standard InChI is InChI=1S/C38H57N2O2S.BrH/c1-7-8-9-10-11-12-13-14-15-16-17-18-24-42-37-26-34(22-23-36(37)38(4,5)6)29-40(32(3)41)35-21-19-20-33(25-35)28-39-27-31(2)43-30-39;/h19-23,25-27,30H,7-18,24,28-29H2,1-6H3;1H/q+1;/p-1. The number of carbonyl (C=O) groups is 1. The van der Waals surface area contributed by atoms with Gasteiger partial charge in [0.2, 0.25) is 11.4 Å². The largest absolute Gasteiger partial charge is 1.00 e. The lowest BCUT2D eigenvalue weighted by atomic mass is 9.85. The number of amides is 1. The van der Waals surface area contributed by atoms with Gasteiger partial charge in [-0.3, -0.25) is 4.79 Å². The van der Waals surface area contributed by atoms with Crippen LogP contribution in [0.1, 0.15) is 133 Å². The molecule has 3 rings (SSSR count). The van der Waals surface area contributed by atoms with Crippen molar-refractivity contribution in [3.05, 3.63) is 75.7 Å². The van der Waals surface area contributed by atoms with E-state index in [1.54, 1.807) is 18.3 Å². The maximum absolute atomic E-state index is 12.8. The first-order valence-electron chi connectivity index (χ1n) is 16.7. The van der Waals surface area contributed by atoms with Crippen LogP contribution >= 0.6 is 11.3 Å². The van der Waals surface area contributed by atoms with Crippen LogP contribution in [0.5, 0.6) is 5.75 Å². The van der Waals surface area contributed by atoms with E-state index in [0.29, 0.717) is 6.54 Å². The van der Waals surface area contributed by atoms with E-state index >= 15 is 0 Å². The molecule has 44 heavy (non-hydrogen) atoms. The molecule has 1 aromatic heterocycles. The molecule has 6 heteroatoms. The fourth-order valence-electron chi connectivity index (χ4n) is 5.66. The van der Waals surface area contributed by atoms with Crippen molar-refractivity contribution in [2.24, 2.45) is 0 Å². The normalized spacial score (nSPS) is 11.3. The van der Waals surface area contributed by atoms with E-state index in [4.69, 9.17) is 4.74 Å². The van der Waals surface area contributed by atoms with Gasteiger partial charge in [-0.15, -0.1) is 0 Å². The van der Waals surface area contributed by atoms with Crippen molar-refractivity contribution in [3.8, 4) is 5.75 Å². The summed E-state index contributed by atoms with van der Waals surface area (Å²) in [6.07, 6.45) is 18.2. The Kier molecular flexibility index (Phi) is 17.3. The number of hydrogen-bond acceptors (Lipinski definition) is 3. The SMILES string of the molecule is CCCCCCCCCCCCCCOc1cc(CN(C(C)=O)c2cccc(C[n+]3csc(C)c3)c2)ccc1C(C)(C)C.[Br-]. The van der Waals surface area contributed by atoms with Gasteiger partial charge >= 0.3 is 0 Å². The Morgan fingerprint density at radius 3 is 2.07 bits per heavy atom.